The van der Waals surface area contributed by atoms with Crippen molar-refractivity contribution in [2.45, 2.75) is 50.2 Å². The van der Waals surface area contributed by atoms with Crippen molar-refractivity contribution in [2.75, 3.05) is 39.3 Å². The molecule has 4 aliphatic rings. The number of likely N-dealkylation sites (tertiary alicyclic amines) is 1. The largest absolute Gasteiger partial charge is 0.506 e. The van der Waals surface area contributed by atoms with Crippen LogP contribution in [0.1, 0.15) is 46.8 Å². The molecule has 5 heterocycles. The van der Waals surface area contributed by atoms with Crippen LogP contribution in [0.25, 0.3) is 10.9 Å². The zero-order valence-corrected chi connectivity index (χ0v) is 31.2. The molecule has 4 saturated heterocycles. The lowest BCUT2D eigenvalue weighted by atomic mass is 9.82. The Balaban J connectivity index is 0.787. The molecule has 2 atom stereocenters. The molecule has 9 rings (SSSR count). The number of aromatic amines is 1. The Kier molecular flexibility index (Phi) is 10.8. The van der Waals surface area contributed by atoms with Crippen LogP contribution in [0.3, 0.4) is 0 Å². The third-order valence-corrected chi connectivity index (χ3v) is 11.4. The number of phenolic OH excluding ortho intramolecular Hbond substituents is 1. The van der Waals surface area contributed by atoms with E-state index in [1.54, 1.807) is 17.0 Å². The first-order valence-corrected chi connectivity index (χ1v) is 19.3. The number of amides is 2. The number of benzene rings is 4. The number of pyridine rings is 1. The van der Waals surface area contributed by atoms with Crippen LogP contribution >= 0.6 is 0 Å². The highest BCUT2D eigenvalue weighted by Crippen LogP contribution is 2.35. The Morgan fingerprint density at radius 3 is 2.30 bits per heavy atom. The summed E-state index contributed by atoms with van der Waals surface area (Å²) in [6.45, 7) is 4.91. The number of aliphatic hydroxyl groups excluding tert-OH is 1. The number of H-pyrrole nitrogens is 1. The number of nitrogens with zero attached hydrogens (tertiary/aromatic N) is 2. The molecule has 12 nitrogen and oxygen atoms in total. The van der Waals surface area contributed by atoms with Crippen molar-refractivity contribution in [1.82, 2.24) is 25.4 Å². The van der Waals surface area contributed by atoms with Crippen LogP contribution in [0, 0.1) is 5.92 Å². The molecule has 0 radical (unpaired) electrons. The monoisotopic (exact) mass is 757 g/mol. The second-order valence-corrected chi connectivity index (χ2v) is 15.3. The Labute approximate surface area is 325 Å². The van der Waals surface area contributed by atoms with Crippen LogP contribution in [0.15, 0.2) is 108 Å². The number of aromatic nitrogens is 1. The molecular weight excluding hydrogens is 711 g/mol. The summed E-state index contributed by atoms with van der Waals surface area (Å²) in [5.41, 5.74) is 3.78. The summed E-state index contributed by atoms with van der Waals surface area (Å²) in [6.07, 6.45) is 1.03. The number of fused-ring (bicyclic) bond motifs is 4. The van der Waals surface area contributed by atoms with Gasteiger partial charge in [0.05, 0.1) is 18.0 Å². The molecular formula is C44H47N5O7. The highest BCUT2D eigenvalue weighted by Gasteiger charge is 2.48. The van der Waals surface area contributed by atoms with Gasteiger partial charge in [0.2, 0.25) is 11.5 Å². The number of carbonyl (C=O) groups excluding carboxylic acids is 2. The molecule has 4 fully saturated rings. The number of hydrogen-bond acceptors (Lipinski definition) is 9. The minimum atomic E-state index is -0.838. The fourth-order valence-electron chi connectivity index (χ4n) is 8.20. The summed E-state index contributed by atoms with van der Waals surface area (Å²) >= 11 is 0. The van der Waals surface area contributed by atoms with E-state index >= 15 is 0 Å². The van der Waals surface area contributed by atoms with Crippen LogP contribution < -0.4 is 20.9 Å². The first kappa shape index (κ1) is 37.2. The number of aromatic hydroxyl groups is 1. The van der Waals surface area contributed by atoms with E-state index in [9.17, 15) is 24.6 Å². The van der Waals surface area contributed by atoms with Crippen molar-refractivity contribution in [3.05, 3.63) is 141 Å². The summed E-state index contributed by atoms with van der Waals surface area (Å²) < 4.78 is 12.0. The summed E-state index contributed by atoms with van der Waals surface area (Å²) in [4.78, 5) is 45.0. The number of piperidine rings is 3. The topological polar surface area (TPSA) is 156 Å². The fraction of sp³-hybridized carbons (Fsp3) is 0.341. The van der Waals surface area contributed by atoms with Gasteiger partial charge in [-0.1, -0.05) is 72.8 Å². The van der Waals surface area contributed by atoms with Gasteiger partial charge in [0, 0.05) is 44.2 Å². The molecule has 0 unspecified atom stereocenters. The van der Waals surface area contributed by atoms with Gasteiger partial charge < -0.3 is 40.2 Å². The molecule has 0 aliphatic carbocycles. The van der Waals surface area contributed by atoms with E-state index in [2.05, 4.69) is 20.5 Å². The van der Waals surface area contributed by atoms with Crippen LogP contribution in [0.4, 0.5) is 4.79 Å². The van der Waals surface area contributed by atoms with Crippen LogP contribution in [-0.2, 0) is 34.6 Å². The smallest absolute Gasteiger partial charge is 0.408 e. The summed E-state index contributed by atoms with van der Waals surface area (Å²) in [6, 6.07) is 31.5. The maximum Gasteiger partial charge on any atom is 0.408 e. The summed E-state index contributed by atoms with van der Waals surface area (Å²) in [5.74, 6) is 1.07. The second-order valence-electron chi connectivity index (χ2n) is 15.3. The van der Waals surface area contributed by atoms with Gasteiger partial charge in [-0.2, -0.15) is 0 Å². The molecule has 1 aromatic heterocycles. The maximum atomic E-state index is 13.4. The third kappa shape index (κ3) is 8.28. The molecule has 4 aliphatic heterocycles. The first-order chi connectivity index (χ1) is 27.2. The SMILES string of the molecule is O=C(NC1(c2ccccc2)CN(C(=O)Cc2ccc(OCc3ccc(CNC[C@H](O)c4ccc(O)c5[nH]c(=O)ccc45)cc3)cc2)C1)O[C@H]1CN2CCC1CC2. The minimum Gasteiger partial charge on any atom is -0.506 e. The molecule has 5 aromatic rings. The quantitative estimate of drug-likeness (QED) is 0.115. The van der Waals surface area contributed by atoms with Gasteiger partial charge in [0.15, 0.2) is 0 Å². The van der Waals surface area contributed by atoms with Gasteiger partial charge in [-0.3, -0.25) is 14.5 Å². The number of ether oxygens (including phenoxy) is 2. The Bertz CT molecular complexity index is 2210. The second kappa shape index (κ2) is 16.2. The van der Waals surface area contributed by atoms with Crippen molar-refractivity contribution in [1.29, 1.82) is 0 Å². The van der Waals surface area contributed by atoms with Gasteiger partial charge in [-0.15, -0.1) is 0 Å². The van der Waals surface area contributed by atoms with Crippen molar-refractivity contribution in [2.24, 2.45) is 5.92 Å². The first-order valence-electron chi connectivity index (χ1n) is 19.3. The molecule has 5 N–H and O–H groups in total. The number of aliphatic hydroxyl groups is 1. The maximum absolute atomic E-state index is 13.4. The molecule has 0 spiro atoms. The average molecular weight is 758 g/mol. The third-order valence-electron chi connectivity index (χ3n) is 11.4. The van der Waals surface area contributed by atoms with Crippen molar-refractivity contribution >= 4 is 22.9 Å². The van der Waals surface area contributed by atoms with Crippen LogP contribution in [0.5, 0.6) is 11.5 Å². The van der Waals surface area contributed by atoms with Crippen molar-refractivity contribution < 1.29 is 29.3 Å². The van der Waals surface area contributed by atoms with E-state index in [4.69, 9.17) is 9.47 Å². The normalized spacial score (nSPS) is 20.2. The Morgan fingerprint density at radius 1 is 0.875 bits per heavy atom. The molecule has 290 valence electrons. The van der Waals surface area contributed by atoms with E-state index in [0.717, 1.165) is 54.7 Å². The van der Waals surface area contributed by atoms with E-state index in [-0.39, 0.29) is 36.3 Å². The van der Waals surface area contributed by atoms with Gasteiger partial charge in [-0.25, -0.2) is 4.79 Å². The number of alkyl carbamates (subject to hydrolysis) is 1. The van der Waals surface area contributed by atoms with E-state index < -0.39 is 17.7 Å². The predicted molar refractivity (Wildman–Crippen MR) is 211 cm³/mol. The highest BCUT2D eigenvalue weighted by atomic mass is 16.6. The van der Waals surface area contributed by atoms with Crippen LogP contribution in [-0.4, -0.2) is 82.4 Å². The van der Waals surface area contributed by atoms with E-state index in [1.165, 1.54) is 12.1 Å². The summed E-state index contributed by atoms with van der Waals surface area (Å²) in [5, 5.41) is 28.0. The van der Waals surface area contributed by atoms with E-state index in [1.807, 2.05) is 78.9 Å². The highest BCUT2D eigenvalue weighted by molar-refractivity contribution is 5.87. The number of nitrogens with one attached hydrogen (secondary N) is 3. The number of carbonyl (C=O) groups is 2. The standard InChI is InChI=1S/C44H47N5O7/c50-37-16-14-35(36-15-17-40(52)46-42(36)37)38(51)24-45-23-30-6-8-31(9-7-30)26-55-34-12-10-29(11-13-34)22-41(53)49-27-44(28-49,33-4-2-1-3-5-33)47-43(54)56-39-25-48-20-18-32(39)19-21-48/h1-17,32,38-39,45,50-51H,18-28H2,(H,46,52)(H,47,54)/t38-,39-/m0/s1. The van der Waals surface area contributed by atoms with Gasteiger partial charge in [0.25, 0.3) is 0 Å². The zero-order chi connectivity index (χ0) is 38.6. The molecule has 2 bridgehead atoms. The lowest BCUT2D eigenvalue weighted by Crippen LogP contribution is -2.69. The molecule has 56 heavy (non-hydrogen) atoms. The van der Waals surface area contributed by atoms with Gasteiger partial charge in [0.1, 0.15) is 29.7 Å². The van der Waals surface area contributed by atoms with Gasteiger partial charge >= 0.3 is 6.09 Å². The van der Waals surface area contributed by atoms with Gasteiger partial charge in [-0.05, 0) is 83.9 Å². The molecule has 2 amide bonds. The predicted octanol–water partition coefficient (Wildman–Crippen LogP) is 4.74. The number of hydrogen-bond donors (Lipinski definition) is 5. The minimum absolute atomic E-state index is 0.00622. The lowest BCUT2D eigenvalue weighted by Gasteiger charge is -2.51. The summed E-state index contributed by atoms with van der Waals surface area (Å²) in [7, 11) is 0. The van der Waals surface area contributed by atoms with Crippen molar-refractivity contribution in [3.8, 4) is 11.5 Å². The lowest BCUT2D eigenvalue weighted by molar-refractivity contribution is -0.139. The fourth-order valence-corrected chi connectivity index (χ4v) is 8.20. The number of rotatable bonds is 13. The van der Waals surface area contributed by atoms with E-state index in [0.29, 0.717) is 54.4 Å². The average Bonchev–Trinajstić information content (AvgIpc) is 3.20. The van der Waals surface area contributed by atoms with Crippen molar-refractivity contribution in [3.63, 3.8) is 0 Å². The molecule has 12 heteroatoms. The zero-order valence-electron chi connectivity index (χ0n) is 31.2. The Morgan fingerprint density at radius 2 is 1.59 bits per heavy atom. The Hall–Kier alpha value is -5.69. The number of phenols is 1. The molecule has 4 aromatic carbocycles. The molecule has 0 saturated carbocycles. The van der Waals surface area contributed by atoms with Crippen LogP contribution in [0.2, 0.25) is 0 Å².